The quantitative estimate of drug-likeness (QED) is 0.310. The van der Waals surface area contributed by atoms with Gasteiger partial charge >= 0.3 is 0 Å². The third-order valence-electron chi connectivity index (χ3n) is 4.19. The van der Waals surface area contributed by atoms with E-state index in [0.29, 0.717) is 0 Å². The Labute approximate surface area is 166 Å². The predicted molar refractivity (Wildman–Crippen MR) is 116 cm³/mol. The number of halogens is 1. The fraction of sp³-hybridized carbons (Fsp3) is 0.200. The van der Waals surface area contributed by atoms with E-state index in [-0.39, 0.29) is 4.21 Å². The summed E-state index contributed by atoms with van der Waals surface area (Å²) in [5.41, 5.74) is 4.60. The first kappa shape index (κ1) is 19.4. The largest absolute Gasteiger partial charge is 0.271 e. The summed E-state index contributed by atoms with van der Waals surface area (Å²) in [6, 6.07) is 12.5. The fourth-order valence-corrected chi connectivity index (χ4v) is 6.43. The van der Waals surface area contributed by atoms with Crippen LogP contribution >= 0.6 is 33.4 Å². The van der Waals surface area contributed by atoms with Crippen LogP contribution in [0.4, 0.5) is 0 Å². The number of aryl methyl sites for hydroxylation is 4. The van der Waals surface area contributed by atoms with Crippen LogP contribution in [0.5, 0.6) is 0 Å². The van der Waals surface area contributed by atoms with Gasteiger partial charge in [0.25, 0.3) is 9.05 Å². The molecule has 26 heavy (non-hydrogen) atoms. The molecule has 0 radical (unpaired) electrons. The van der Waals surface area contributed by atoms with E-state index in [4.69, 9.17) is 10.7 Å². The topological polar surface area (TPSA) is 34.1 Å². The van der Waals surface area contributed by atoms with Gasteiger partial charge in [-0.1, -0.05) is 35.4 Å². The minimum Gasteiger partial charge on any atom is -0.206 e. The molecule has 2 heterocycles. The Balaban J connectivity index is 0.000000158. The molecule has 0 spiro atoms. The molecule has 4 rings (SSSR count). The van der Waals surface area contributed by atoms with Gasteiger partial charge < -0.3 is 0 Å². The van der Waals surface area contributed by atoms with Gasteiger partial charge in [0.1, 0.15) is 4.21 Å². The Morgan fingerprint density at radius 2 is 1.42 bits per heavy atom. The van der Waals surface area contributed by atoms with E-state index in [9.17, 15) is 8.42 Å². The second-order valence-corrected chi connectivity index (χ2v) is 11.1. The first-order valence-electron chi connectivity index (χ1n) is 8.05. The zero-order valence-corrected chi connectivity index (χ0v) is 18.2. The lowest BCUT2D eigenvalue weighted by Crippen LogP contribution is -1.87. The lowest BCUT2D eigenvalue weighted by molar-refractivity contribution is 0.611. The van der Waals surface area contributed by atoms with Crippen molar-refractivity contribution in [3.8, 4) is 0 Å². The third-order valence-corrected chi connectivity index (χ3v) is 8.74. The molecule has 0 fully saturated rings. The van der Waals surface area contributed by atoms with Gasteiger partial charge in [-0.25, -0.2) is 8.42 Å². The molecular weight excluding hydrogens is 404 g/mol. The zero-order chi connectivity index (χ0) is 19.1. The normalized spacial score (nSPS) is 11.6. The number of hydrogen-bond acceptors (Lipinski definition) is 4. The second kappa shape index (κ2) is 7.31. The van der Waals surface area contributed by atoms with Crippen molar-refractivity contribution in [1.29, 1.82) is 0 Å². The molecule has 4 aromatic rings. The maximum Gasteiger partial charge on any atom is 0.271 e. The van der Waals surface area contributed by atoms with E-state index >= 15 is 0 Å². The molecule has 0 unspecified atom stereocenters. The lowest BCUT2D eigenvalue weighted by atomic mass is 10.1. The van der Waals surface area contributed by atoms with Crippen LogP contribution < -0.4 is 0 Å². The van der Waals surface area contributed by atoms with Crippen molar-refractivity contribution in [2.75, 3.05) is 0 Å². The number of fused-ring (bicyclic) bond motifs is 2. The third kappa shape index (κ3) is 3.96. The van der Waals surface area contributed by atoms with Gasteiger partial charge in [-0.15, -0.1) is 22.7 Å². The van der Waals surface area contributed by atoms with Crippen LogP contribution in [0.15, 0.2) is 46.0 Å². The molecule has 6 heteroatoms. The Kier molecular flexibility index (Phi) is 5.45. The van der Waals surface area contributed by atoms with Crippen LogP contribution in [-0.2, 0) is 9.05 Å². The molecule has 0 amide bonds. The highest BCUT2D eigenvalue weighted by atomic mass is 35.7. The zero-order valence-electron chi connectivity index (χ0n) is 15.0. The Morgan fingerprint density at radius 1 is 0.846 bits per heavy atom. The summed E-state index contributed by atoms with van der Waals surface area (Å²) in [6.07, 6.45) is 0. The molecule has 136 valence electrons. The summed E-state index contributed by atoms with van der Waals surface area (Å²) in [7, 11) is 1.74. The Morgan fingerprint density at radius 3 is 2.04 bits per heavy atom. The number of benzene rings is 2. The molecule has 2 nitrogen and oxygen atoms in total. The second-order valence-electron chi connectivity index (χ2n) is 6.37. The molecule has 0 N–H and O–H groups in total. The van der Waals surface area contributed by atoms with Gasteiger partial charge in [0, 0.05) is 20.1 Å². The average molecular weight is 423 g/mol. The fourth-order valence-electron chi connectivity index (χ4n) is 2.81. The van der Waals surface area contributed by atoms with Crippen LogP contribution in [-0.4, -0.2) is 8.42 Å². The van der Waals surface area contributed by atoms with Crippen molar-refractivity contribution >= 4 is 62.6 Å². The van der Waals surface area contributed by atoms with Crippen LogP contribution in [0.2, 0.25) is 0 Å². The monoisotopic (exact) mass is 422 g/mol. The van der Waals surface area contributed by atoms with Crippen molar-refractivity contribution in [1.82, 2.24) is 0 Å². The molecule has 2 aromatic heterocycles. The standard InChI is InChI=1S/C10H9ClO2S2.C10H10S/c1-6-3-4-9-8(5-6)7(2)10(14-9)15(11,12)13;1-7-3-4-10-9(5-7)8(2)6-11-10/h3-5H,1-2H3;3-6H,1-2H3. The first-order valence-corrected chi connectivity index (χ1v) is 12.1. The number of hydrogen-bond donors (Lipinski definition) is 0. The molecule has 0 bridgehead atoms. The van der Waals surface area contributed by atoms with Crippen LogP contribution in [0.1, 0.15) is 22.3 Å². The Bertz CT molecular complexity index is 1200. The molecular formula is C20H19ClO2S3. The first-order chi connectivity index (χ1) is 12.2. The lowest BCUT2D eigenvalue weighted by Gasteiger charge is -1.94. The molecule has 0 aliphatic carbocycles. The molecule has 0 saturated carbocycles. The minimum atomic E-state index is -3.62. The minimum absolute atomic E-state index is 0.254. The van der Waals surface area contributed by atoms with Crippen LogP contribution in [0, 0.1) is 27.7 Å². The van der Waals surface area contributed by atoms with Gasteiger partial charge in [0.05, 0.1) is 0 Å². The van der Waals surface area contributed by atoms with Crippen molar-refractivity contribution in [2.45, 2.75) is 31.9 Å². The highest BCUT2D eigenvalue weighted by Crippen LogP contribution is 2.36. The molecule has 0 atom stereocenters. The van der Waals surface area contributed by atoms with Gasteiger partial charge in [-0.3, -0.25) is 0 Å². The van der Waals surface area contributed by atoms with Crippen LogP contribution in [0.25, 0.3) is 20.2 Å². The summed E-state index contributed by atoms with van der Waals surface area (Å²) < 4.78 is 25.2. The van der Waals surface area contributed by atoms with Crippen molar-refractivity contribution in [3.05, 3.63) is 64.0 Å². The smallest absolute Gasteiger partial charge is 0.206 e. The maximum absolute atomic E-state index is 11.3. The summed E-state index contributed by atoms with van der Waals surface area (Å²) >= 11 is 3.04. The summed E-state index contributed by atoms with van der Waals surface area (Å²) in [4.78, 5) is 0. The van der Waals surface area contributed by atoms with Gasteiger partial charge in [-0.2, -0.15) is 0 Å². The summed E-state index contributed by atoms with van der Waals surface area (Å²) in [6.45, 7) is 8.06. The van der Waals surface area contributed by atoms with Crippen molar-refractivity contribution in [2.24, 2.45) is 0 Å². The number of thiophene rings is 2. The van der Waals surface area contributed by atoms with E-state index in [1.165, 1.54) is 32.5 Å². The van der Waals surface area contributed by atoms with Gasteiger partial charge in [0.15, 0.2) is 0 Å². The highest BCUT2D eigenvalue weighted by Gasteiger charge is 2.18. The molecule has 0 aliphatic rings. The SMILES string of the molecule is Cc1ccc2sc(S(=O)(=O)Cl)c(C)c2c1.Cc1ccc2scc(C)c2c1. The van der Waals surface area contributed by atoms with E-state index in [2.05, 4.69) is 37.4 Å². The van der Waals surface area contributed by atoms with Gasteiger partial charge in [-0.05, 0) is 67.1 Å². The number of rotatable bonds is 1. The van der Waals surface area contributed by atoms with Crippen LogP contribution in [0.3, 0.4) is 0 Å². The van der Waals surface area contributed by atoms with Crippen molar-refractivity contribution < 1.29 is 8.42 Å². The van der Waals surface area contributed by atoms with E-state index in [1.54, 1.807) is 6.92 Å². The highest BCUT2D eigenvalue weighted by molar-refractivity contribution is 8.15. The summed E-state index contributed by atoms with van der Waals surface area (Å²) in [5, 5.41) is 4.60. The van der Waals surface area contributed by atoms with Gasteiger partial charge in [0.2, 0.25) is 0 Å². The average Bonchev–Trinajstić information content (AvgIpc) is 3.09. The summed E-state index contributed by atoms with van der Waals surface area (Å²) in [5.74, 6) is 0. The Hall–Kier alpha value is -1.40. The molecule has 2 aromatic carbocycles. The van der Waals surface area contributed by atoms with E-state index in [1.807, 2.05) is 36.5 Å². The molecule has 0 saturated heterocycles. The van der Waals surface area contributed by atoms with E-state index in [0.717, 1.165) is 21.2 Å². The van der Waals surface area contributed by atoms with E-state index < -0.39 is 9.05 Å². The molecule has 0 aliphatic heterocycles. The maximum atomic E-state index is 11.3. The predicted octanol–water partition coefficient (Wildman–Crippen LogP) is 6.96. The van der Waals surface area contributed by atoms with Crippen molar-refractivity contribution in [3.63, 3.8) is 0 Å².